The normalized spacial score (nSPS) is 35.0. The Morgan fingerprint density at radius 1 is 1.14 bits per heavy atom. The molecule has 0 radical (unpaired) electrons. The lowest BCUT2D eigenvalue weighted by atomic mass is 9.54. The van der Waals surface area contributed by atoms with Crippen LogP contribution >= 0.6 is 0 Å². The van der Waals surface area contributed by atoms with E-state index in [1.54, 1.807) is 0 Å². The summed E-state index contributed by atoms with van der Waals surface area (Å²) in [6.45, 7) is 14.1. The molecule has 1 saturated heterocycles. The van der Waals surface area contributed by atoms with E-state index in [1.165, 1.54) is 25.7 Å². The van der Waals surface area contributed by atoms with Crippen molar-refractivity contribution in [3.63, 3.8) is 0 Å². The maximum absolute atomic E-state index is 12.0. The van der Waals surface area contributed by atoms with Crippen LogP contribution in [-0.2, 0) is 9.52 Å². The van der Waals surface area contributed by atoms with Gasteiger partial charge in [-0.25, -0.2) is 0 Å². The molecule has 1 heterocycles. The number of hydrogen-bond donors (Lipinski definition) is 0. The highest BCUT2D eigenvalue weighted by Crippen LogP contribution is 2.54. The first-order chi connectivity index (χ1) is 9.57. The van der Waals surface area contributed by atoms with E-state index in [4.69, 9.17) is 0 Å². The van der Waals surface area contributed by atoms with E-state index in [2.05, 4.69) is 45.4 Å². The van der Waals surface area contributed by atoms with Gasteiger partial charge in [0, 0.05) is 30.6 Å². The molecule has 124 valence electrons. The zero-order chi connectivity index (χ0) is 15.9. The topological polar surface area (TPSA) is 20.3 Å². The third kappa shape index (κ3) is 3.50. The first kappa shape index (κ1) is 17.3. The monoisotopic (exact) mass is 313 g/mol. The molecule has 0 N–H and O–H groups in total. The third-order valence-corrected chi connectivity index (χ3v) is 8.32. The first-order valence-corrected chi connectivity index (χ1v) is 10.7. The molecule has 0 aromatic carbocycles. The van der Waals surface area contributed by atoms with E-state index < -0.39 is 9.52 Å². The van der Waals surface area contributed by atoms with Crippen LogP contribution in [0.15, 0.2) is 0 Å². The summed E-state index contributed by atoms with van der Waals surface area (Å²) in [7, 11) is -1.76. The third-order valence-electron chi connectivity index (χ3n) is 6.46. The molecule has 0 atom stereocenters. The molecule has 1 saturated carbocycles. The Kier molecular flexibility index (Phi) is 4.86. The fourth-order valence-corrected chi connectivity index (χ4v) is 6.16. The Morgan fingerprint density at radius 3 is 2.00 bits per heavy atom. The van der Waals surface area contributed by atoms with Gasteiger partial charge in [0.1, 0.15) is 0 Å². The summed E-state index contributed by atoms with van der Waals surface area (Å²) in [4.78, 5) is 2.60. The standard InChI is InChI=1S/C18H35NOS/c1-15(2)18(17(3,4)5)9-7-16(8-10-18)19-11-13-21(6,20)14-12-19/h15-16H,6-14H2,1-5H3. The van der Waals surface area contributed by atoms with Crippen LogP contribution in [0.2, 0.25) is 0 Å². The van der Waals surface area contributed by atoms with Gasteiger partial charge in [0.05, 0.1) is 0 Å². The summed E-state index contributed by atoms with van der Waals surface area (Å²) in [6.07, 6.45) is 5.31. The quantitative estimate of drug-likeness (QED) is 0.725. The lowest BCUT2D eigenvalue weighted by molar-refractivity contribution is -0.0316. The van der Waals surface area contributed by atoms with Gasteiger partial charge in [0.25, 0.3) is 0 Å². The fourth-order valence-electron chi connectivity index (χ4n) is 4.82. The Balaban J connectivity index is 2.00. The molecule has 0 bridgehead atoms. The van der Waals surface area contributed by atoms with Gasteiger partial charge in [-0.3, -0.25) is 9.11 Å². The minimum Gasteiger partial charge on any atom is -0.299 e. The fraction of sp³-hybridized carbons (Fsp3) is 0.944. The molecular weight excluding hydrogens is 278 g/mol. The van der Waals surface area contributed by atoms with Gasteiger partial charge in [-0.2, -0.15) is 0 Å². The van der Waals surface area contributed by atoms with Crippen molar-refractivity contribution in [2.75, 3.05) is 24.6 Å². The Hall–Kier alpha value is -0.0200. The van der Waals surface area contributed by atoms with Crippen molar-refractivity contribution in [1.82, 2.24) is 4.90 Å². The van der Waals surface area contributed by atoms with Crippen LogP contribution in [0.3, 0.4) is 0 Å². The van der Waals surface area contributed by atoms with Gasteiger partial charge in [-0.1, -0.05) is 34.6 Å². The minimum absolute atomic E-state index is 0.385. The molecule has 0 unspecified atom stereocenters. The van der Waals surface area contributed by atoms with Crippen LogP contribution in [-0.4, -0.2) is 45.6 Å². The molecule has 0 amide bonds. The molecule has 21 heavy (non-hydrogen) atoms. The van der Waals surface area contributed by atoms with Crippen LogP contribution in [0.1, 0.15) is 60.3 Å². The molecule has 1 aliphatic heterocycles. The van der Waals surface area contributed by atoms with E-state index >= 15 is 0 Å². The molecule has 2 rings (SSSR count). The van der Waals surface area contributed by atoms with Gasteiger partial charge >= 0.3 is 0 Å². The number of hydrogen-bond acceptors (Lipinski definition) is 2. The summed E-state index contributed by atoms with van der Waals surface area (Å²) in [5.74, 6) is 6.24. The highest BCUT2D eigenvalue weighted by atomic mass is 32.2. The minimum atomic E-state index is -1.76. The van der Waals surface area contributed by atoms with E-state index in [-0.39, 0.29) is 0 Å². The molecule has 0 aromatic heterocycles. The highest BCUT2D eigenvalue weighted by Gasteiger charge is 2.47. The Bertz CT molecular complexity index is 436. The van der Waals surface area contributed by atoms with Crippen LogP contribution in [0, 0.1) is 16.7 Å². The molecule has 0 spiro atoms. The zero-order valence-electron chi connectivity index (χ0n) is 14.8. The van der Waals surface area contributed by atoms with Gasteiger partial charge in [0.15, 0.2) is 0 Å². The smallest absolute Gasteiger partial charge is 0.0287 e. The molecule has 2 aliphatic rings. The van der Waals surface area contributed by atoms with E-state index in [0.29, 0.717) is 10.8 Å². The molecule has 1 aliphatic carbocycles. The highest BCUT2D eigenvalue weighted by molar-refractivity contribution is 8.00. The Labute approximate surface area is 132 Å². The zero-order valence-corrected chi connectivity index (χ0v) is 15.6. The van der Waals surface area contributed by atoms with Crippen molar-refractivity contribution < 1.29 is 4.21 Å². The first-order valence-electron chi connectivity index (χ1n) is 8.64. The molecular formula is C18H35NOS. The lowest BCUT2D eigenvalue weighted by Crippen LogP contribution is -2.51. The number of nitrogens with zero attached hydrogens (tertiary/aromatic N) is 1. The maximum atomic E-state index is 12.0. The predicted octanol–water partition coefficient (Wildman–Crippen LogP) is 3.65. The van der Waals surface area contributed by atoms with Crippen LogP contribution in [0.25, 0.3) is 0 Å². The van der Waals surface area contributed by atoms with Gasteiger partial charge in [-0.15, -0.1) is 0 Å². The second kappa shape index (κ2) is 5.88. The van der Waals surface area contributed by atoms with E-state index in [9.17, 15) is 4.21 Å². The van der Waals surface area contributed by atoms with Crippen LogP contribution < -0.4 is 0 Å². The van der Waals surface area contributed by atoms with Crippen molar-refractivity contribution in [2.24, 2.45) is 16.7 Å². The van der Waals surface area contributed by atoms with Crippen molar-refractivity contribution in [2.45, 2.75) is 66.3 Å². The molecule has 3 heteroatoms. The van der Waals surface area contributed by atoms with Gasteiger partial charge in [-0.05, 0) is 57.8 Å². The van der Waals surface area contributed by atoms with Crippen LogP contribution in [0.5, 0.6) is 0 Å². The molecule has 0 aromatic rings. The van der Waals surface area contributed by atoms with Crippen molar-refractivity contribution in [3.8, 4) is 0 Å². The van der Waals surface area contributed by atoms with E-state index in [0.717, 1.165) is 36.6 Å². The SMILES string of the molecule is C=S1(=O)CCN(C2CCC(C(C)C)(C(C)(C)C)CC2)CC1. The van der Waals surface area contributed by atoms with E-state index in [1.807, 2.05) is 0 Å². The lowest BCUT2D eigenvalue weighted by Gasteiger charge is -2.54. The van der Waals surface area contributed by atoms with Crippen molar-refractivity contribution in [3.05, 3.63) is 0 Å². The Morgan fingerprint density at radius 2 is 1.62 bits per heavy atom. The predicted molar refractivity (Wildman–Crippen MR) is 95.6 cm³/mol. The average Bonchev–Trinajstić information content (AvgIpc) is 2.37. The van der Waals surface area contributed by atoms with Crippen LogP contribution in [0.4, 0.5) is 0 Å². The van der Waals surface area contributed by atoms with Crippen molar-refractivity contribution in [1.29, 1.82) is 0 Å². The molecule has 2 fully saturated rings. The summed E-state index contributed by atoms with van der Waals surface area (Å²) in [6, 6.07) is 0.717. The van der Waals surface area contributed by atoms with Crippen molar-refractivity contribution >= 4 is 15.4 Å². The summed E-state index contributed by atoms with van der Waals surface area (Å²) in [5, 5.41) is 0. The largest absolute Gasteiger partial charge is 0.299 e. The average molecular weight is 314 g/mol. The van der Waals surface area contributed by atoms with Gasteiger partial charge in [0.2, 0.25) is 0 Å². The summed E-state index contributed by atoms with van der Waals surface area (Å²) < 4.78 is 12.0. The summed E-state index contributed by atoms with van der Waals surface area (Å²) in [5.41, 5.74) is 0.870. The summed E-state index contributed by atoms with van der Waals surface area (Å²) >= 11 is 0. The second-order valence-corrected chi connectivity index (χ2v) is 11.5. The number of rotatable bonds is 2. The maximum Gasteiger partial charge on any atom is 0.0287 e. The van der Waals surface area contributed by atoms with Gasteiger partial charge < -0.3 is 0 Å². The second-order valence-electron chi connectivity index (χ2n) is 8.70. The molecule has 2 nitrogen and oxygen atoms in total.